The Morgan fingerprint density at radius 2 is 1.94 bits per heavy atom. The average molecular weight is 276 g/mol. The first kappa shape index (κ1) is 14.2. The molecule has 0 fully saturated rings. The second kappa shape index (κ2) is 6.20. The first-order valence-corrected chi connectivity index (χ1v) is 7.17. The minimum atomic E-state index is -1.46. The molecule has 0 aliphatic heterocycles. The summed E-state index contributed by atoms with van der Waals surface area (Å²) in [6.07, 6.45) is 0. The molecule has 0 radical (unpaired) electrons. The third-order valence-electron chi connectivity index (χ3n) is 1.99. The maximum absolute atomic E-state index is 11.4. The molecule has 0 bridgehead atoms. The smallest absolute Gasteiger partial charge is 0.325 e. The summed E-state index contributed by atoms with van der Waals surface area (Å²) >= 11 is 6.02. The fraction of sp³-hybridized carbons (Fsp3) is 0.364. The fourth-order valence-electron chi connectivity index (χ4n) is 1.12. The summed E-state index contributed by atoms with van der Waals surface area (Å²) < 4.78 is 10.1. The number of rotatable bonds is 5. The number of ether oxygens (including phenoxy) is 1. The highest BCUT2D eigenvalue weighted by atomic mass is 35.7. The molecule has 1 unspecified atom stereocenters. The maximum Gasteiger partial charge on any atom is 0.325 e. The largest absolute Gasteiger partial charge is 0.468 e. The lowest BCUT2D eigenvalue weighted by Crippen LogP contribution is -2.44. The van der Waals surface area contributed by atoms with Crippen molar-refractivity contribution in [2.75, 3.05) is 7.11 Å². The second-order valence-electron chi connectivity index (χ2n) is 3.88. The maximum atomic E-state index is 11.4. The number of para-hydroxylation sites is 1. The van der Waals surface area contributed by atoms with E-state index in [-0.39, 0.29) is 5.97 Å². The number of benzene rings is 1. The monoisotopic (exact) mass is 275 g/mol. The predicted molar refractivity (Wildman–Crippen MR) is 69.1 cm³/mol. The minimum Gasteiger partial charge on any atom is -0.468 e. The molecule has 94 valence electrons. The van der Waals surface area contributed by atoms with Gasteiger partial charge in [-0.25, -0.2) is 5.09 Å². The van der Waals surface area contributed by atoms with Crippen molar-refractivity contribution in [2.24, 2.45) is 0 Å². The molecule has 0 spiro atoms. The molecular weight excluding hydrogens is 261 g/mol. The topological polar surface area (TPSA) is 47.6 Å². The van der Waals surface area contributed by atoms with Gasteiger partial charge in [-0.2, -0.15) is 0 Å². The molecule has 1 aromatic rings. The van der Waals surface area contributed by atoms with E-state index in [2.05, 4.69) is 9.82 Å². The van der Waals surface area contributed by atoms with Gasteiger partial charge in [-0.3, -0.25) is 4.79 Å². The number of carbonyl (C=O) groups excluding carboxylic acids is 1. The van der Waals surface area contributed by atoms with Gasteiger partial charge in [-0.05, 0) is 37.2 Å². The molecule has 0 aromatic heterocycles. The standard InChI is InChI=1S/C11H15ClNO3P/c1-11(2,10(14)15-3)13-17(12)16-9-7-5-4-6-8-9/h4-8,13H,1-3H3. The minimum absolute atomic E-state index is 0.387. The molecule has 1 aromatic carbocycles. The molecule has 1 atom stereocenters. The van der Waals surface area contributed by atoms with Gasteiger partial charge in [0.05, 0.1) is 7.11 Å². The van der Waals surface area contributed by atoms with E-state index in [9.17, 15) is 4.79 Å². The molecule has 0 saturated heterocycles. The molecule has 1 rings (SSSR count). The summed E-state index contributed by atoms with van der Waals surface area (Å²) in [6, 6.07) is 9.17. The van der Waals surface area contributed by atoms with Crippen LogP contribution in [0.25, 0.3) is 0 Å². The zero-order valence-corrected chi connectivity index (χ0v) is 11.6. The number of halogens is 1. The van der Waals surface area contributed by atoms with Crippen LogP contribution in [0.5, 0.6) is 5.75 Å². The van der Waals surface area contributed by atoms with Crippen molar-refractivity contribution in [1.29, 1.82) is 0 Å². The van der Waals surface area contributed by atoms with Crippen LogP contribution in [0.1, 0.15) is 13.8 Å². The van der Waals surface area contributed by atoms with Crippen molar-refractivity contribution >= 4 is 24.9 Å². The third kappa shape index (κ3) is 4.50. The Balaban J connectivity index is 2.55. The van der Waals surface area contributed by atoms with Crippen LogP contribution in [0, 0.1) is 0 Å². The number of carbonyl (C=O) groups is 1. The van der Waals surface area contributed by atoms with E-state index in [0.29, 0.717) is 5.75 Å². The SMILES string of the molecule is COC(=O)C(C)(C)NP(Cl)Oc1ccccc1. The van der Waals surface area contributed by atoms with Crippen LogP contribution in [0.2, 0.25) is 0 Å². The van der Waals surface area contributed by atoms with E-state index in [1.807, 2.05) is 18.2 Å². The van der Waals surface area contributed by atoms with Crippen molar-refractivity contribution in [2.45, 2.75) is 19.4 Å². The molecule has 0 amide bonds. The van der Waals surface area contributed by atoms with Crippen LogP contribution in [0.3, 0.4) is 0 Å². The van der Waals surface area contributed by atoms with Crippen molar-refractivity contribution in [3.8, 4) is 5.75 Å². The zero-order valence-electron chi connectivity index (χ0n) is 9.94. The average Bonchev–Trinajstić information content (AvgIpc) is 2.28. The third-order valence-corrected chi connectivity index (χ3v) is 3.56. The van der Waals surface area contributed by atoms with Crippen LogP contribution < -0.4 is 9.61 Å². The van der Waals surface area contributed by atoms with E-state index < -0.39 is 13.2 Å². The van der Waals surface area contributed by atoms with Crippen molar-refractivity contribution in [3.63, 3.8) is 0 Å². The number of nitrogens with one attached hydrogen (secondary N) is 1. The highest BCUT2D eigenvalue weighted by molar-refractivity contribution is 7.78. The summed E-state index contributed by atoms with van der Waals surface area (Å²) in [4.78, 5) is 11.4. The highest BCUT2D eigenvalue weighted by Crippen LogP contribution is 2.41. The van der Waals surface area contributed by atoms with Gasteiger partial charge in [0.1, 0.15) is 11.3 Å². The molecule has 17 heavy (non-hydrogen) atoms. The van der Waals surface area contributed by atoms with Crippen molar-refractivity contribution in [3.05, 3.63) is 30.3 Å². The molecular formula is C11H15ClNO3P. The summed E-state index contributed by atoms with van der Waals surface area (Å²) in [5.74, 6) is 0.268. The Bertz CT molecular complexity index is 372. The number of hydrogen-bond acceptors (Lipinski definition) is 4. The van der Waals surface area contributed by atoms with E-state index in [1.54, 1.807) is 26.0 Å². The Hall–Kier alpha value is -0.830. The summed E-state index contributed by atoms with van der Waals surface area (Å²) in [5, 5.41) is 2.89. The lowest BCUT2D eigenvalue weighted by molar-refractivity contribution is -0.146. The molecule has 0 saturated carbocycles. The Morgan fingerprint density at radius 1 is 1.35 bits per heavy atom. The zero-order chi connectivity index (χ0) is 12.9. The van der Waals surface area contributed by atoms with E-state index >= 15 is 0 Å². The second-order valence-corrected chi connectivity index (χ2v) is 5.69. The van der Waals surface area contributed by atoms with Gasteiger partial charge < -0.3 is 9.26 Å². The van der Waals surface area contributed by atoms with Crippen molar-refractivity contribution in [1.82, 2.24) is 5.09 Å². The summed E-state index contributed by atoms with van der Waals surface area (Å²) in [6.45, 7) is 3.37. The quantitative estimate of drug-likeness (QED) is 0.663. The first-order chi connectivity index (χ1) is 7.95. The first-order valence-electron chi connectivity index (χ1n) is 5.01. The predicted octanol–water partition coefficient (Wildman–Crippen LogP) is 3.07. The van der Waals surface area contributed by atoms with Crippen molar-refractivity contribution < 1.29 is 14.1 Å². The Morgan fingerprint density at radius 3 is 2.47 bits per heavy atom. The molecule has 6 heteroatoms. The lowest BCUT2D eigenvalue weighted by atomic mass is 10.1. The van der Waals surface area contributed by atoms with Crippen LogP contribution in [0.15, 0.2) is 30.3 Å². The molecule has 0 aliphatic carbocycles. The molecule has 4 nitrogen and oxygen atoms in total. The van der Waals surface area contributed by atoms with E-state index in [1.165, 1.54) is 7.11 Å². The Kier molecular flexibility index (Phi) is 5.19. The molecule has 0 heterocycles. The normalized spacial score (nSPS) is 12.9. The summed E-state index contributed by atoms with van der Waals surface area (Å²) in [7, 11) is -0.128. The van der Waals surface area contributed by atoms with Gasteiger partial charge in [0.2, 0.25) is 0 Å². The van der Waals surface area contributed by atoms with Crippen LogP contribution in [-0.4, -0.2) is 18.6 Å². The van der Waals surface area contributed by atoms with Gasteiger partial charge in [0.25, 0.3) is 7.65 Å². The molecule has 1 N–H and O–H groups in total. The van der Waals surface area contributed by atoms with Gasteiger partial charge in [0, 0.05) is 0 Å². The number of methoxy groups -OCH3 is 1. The van der Waals surface area contributed by atoms with Gasteiger partial charge in [0.15, 0.2) is 0 Å². The van der Waals surface area contributed by atoms with E-state index in [0.717, 1.165) is 0 Å². The Labute approximate surface area is 107 Å². The van der Waals surface area contributed by atoms with Crippen LogP contribution in [-0.2, 0) is 9.53 Å². The number of hydrogen-bond donors (Lipinski definition) is 1. The number of esters is 1. The lowest BCUT2D eigenvalue weighted by Gasteiger charge is -2.25. The van der Waals surface area contributed by atoms with Crippen LogP contribution in [0.4, 0.5) is 0 Å². The fourth-order valence-corrected chi connectivity index (χ4v) is 2.87. The van der Waals surface area contributed by atoms with Gasteiger partial charge in [-0.15, -0.1) is 0 Å². The van der Waals surface area contributed by atoms with Crippen LogP contribution >= 0.6 is 18.9 Å². The van der Waals surface area contributed by atoms with Gasteiger partial charge >= 0.3 is 5.97 Å². The summed E-state index contributed by atoms with van der Waals surface area (Å²) in [5.41, 5.74) is -0.878. The molecule has 0 aliphatic rings. The highest BCUT2D eigenvalue weighted by Gasteiger charge is 2.31. The van der Waals surface area contributed by atoms with E-state index in [4.69, 9.17) is 15.8 Å². The van der Waals surface area contributed by atoms with Gasteiger partial charge in [-0.1, -0.05) is 18.2 Å².